The summed E-state index contributed by atoms with van der Waals surface area (Å²) in [5.41, 5.74) is 3.78. The van der Waals surface area contributed by atoms with Crippen LogP contribution in [0, 0.1) is 13.8 Å². The summed E-state index contributed by atoms with van der Waals surface area (Å²) in [4.78, 5) is 7.31. The van der Waals surface area contributed by atoms with Crippen LogP contribution >= 0.6 is 0 Å². The molecule has 2 N–H and O–H groups in total. The Hall–Kier alpha value is -1.56. The first-order chi connectivity index (χ1) is 8.35. The number of fused-ring (bicyclic) bond motifs is 1. The molecule has 0 unspecified atom stereocenters. The van der Waals surface area contributed by atoms with E-state index in [0.29, 0.717) is 5.82 Å². The second kappa shape index (κ2) is 4.61. The SMILES string of the molecule is Cc1cc(C)c2nc(CNCC(F)(F)F)[nH]c2c1. The molecule has 0 saturated heterocycles. The minimum atomic E-state index is -4.20. The number of nitrogens with zero attached hydrogens (tertiary/aromatic N) is 1. The highest BCUT2D eigenvalue weighted by molar-refractivity contribution is 5.79. The van der Waals surface area contributed by atoms with Gasteiger partial charge in [0.25, 0.3) is 0 Å². The second-order valence-electron chi connectivity index (χ2n) is 4.38. The number of aryl methyl sites for hydroxylation is 2. The molecule has 1 heterocycles. The van der Waals surface area contributed by atoms with E-state index in [9.17, 15) is 13.2 Å². The number of aromatic nitrogens is 2. The molecule has 0 atom stereocenters. The van der Waals surface area contributed by atoms with Crippen LogP contribution in [0.3, 0.4) is 0 Å². The van der Waals surface area contributed by atoms with Crippen LogP contribution < -0.4 is 5.32 Å². The van der Waals surface area contributed by atoms with Crippen molar-refractivity contribution in [3.05, 3.63) is 29.1 Å². The number of aromatic amines is 1. The number of nitrogens with one attached hydrogen (secondary N) is 2. The van der Waals surface area contributed by atoms with E-state index in [-0.39, 0.29) is 6.54 Å². The fourth-order valence-corrected chi connectivity index (χ4v) is 1.93. The summed E-state index contributed by atoms with van der Waals surface area (Å²) in [6, 6.07) is 3.93. The molecule has 0 spiro atoms. The highest BCUT2D eigenvalue weighted by Gasteiger charge is 2.26. The van der Waals surface area contributed by atoms with Crippen molar-refractivity contribution in [3.63, 3.8) is 0 Å². The van der Waals surface area contributed by atoms with Gasteiger partial charge in [0.2, 0.25) is 0 Å². The zero-order valence-corrected chi connectivity index (χ0v) is 10.2. The first-order valence-electron chi connectivity index (χ1n) is 5.58. The van der Waals surface area contributed by atoms with Crippen LogP contribution in [0.1, 0.15) is 17.0 Å². The van der Waals surface area contributed by atoms with Crippen molar-refractivity contribution in [1.82, 2.24) is 15.3 Å². The molecule has 0 fully saturated rings. The lowest BCUT2D eigenvalue weighted by Crippen LogP contribution is -2.28. The Morgan fingerprint density at radius 2 is 2.00 bits per heavy atom. The minimum Gasteiger partial charge on any atom is -0.341 e. The highest BCUT2D eigenvalue weighted by atomic mass is 19.4. The van der Waals surface area contributed by atoms with Crippen molar-refractivity contribution in [3.8, 4) is 0 Å². The van der Waals surface area contributed by atoms with Gasteiger partial charge < -0.3 is 10.3 Å². The molecule has 0 aliphatic heterocycles. The number of H-pyrrole nitrogens is 1. The van der Waals surface area contributed by atoms with Crippen molar-refractivity contribution in [1.29, 1.82) is 0 Å². The Kier molecular flexibility index (Phi) is 3.30. The zero-order valence-electron chi connectivity index (χ0n) is 10.2. The Bertz CT molecular complexity index is 557. The van der Waals surface area contributed by atoms with Crippen LogP contribution in [0.25, 0.3) is 11.0 Å². The molecule has 2 aromatic rings. The maximum absolute atomic E-state index is 12.0. The molecule has 6 heteroatoms. The lowest BCUT2D eigenvalue weighted by Gasteiger charge is -2.05. The number of halogens is 3. The average molecular weight is 257 g/mol. The number of hydrogen-bond acceptors (Lipinski definition) is 2. The summed E-state index contributed by atoms with van der Waals surface area (Å²) in [5.74, 6) is 0.517. The second-order valence-corrected chi connectivity index (χ2v) is 4.38. The third-order valence-corrected chi connectivity index (χ3v) is 2.59. The largest absolute Gasteiger partial charge is 0.401 e. The molecule has 18 heavy (non-hydrogen) atoms. The van der Waals surface area contributed by atoms with Crippen molar-refractivity contribution in [2.45, 2.75) is 26.6 Å². The van der Waals surface area contributed by atoms with Crippen molar-refractivity contribution in [2.75, 3.05) is 6.54 Å². The third-order valence-electron chi connectivity index (χ3n) is 2.59. The molecule has 0 saturated carbocycles. The summed E-state index contributed by atoms with van der Waals surface area (Å²) >= 11 is 0. The smallest absolute Gasteiger partial charge is 0.341 e. The molecule has 1 aromatic carbocycles. The van der Waals surface area contributed by atoms with Crippen LogP contribution in [0.4, 0.5) is 13.2 Å². The molecule has 1 aromatic heterocycles. The Morgan fingerprint density at radius 3 is 2.67 bits per heavy atom. The molecule has 0 aliphatic carbocycles. The molecule has 0 radical (unpaired) electrons. The molecular formula is C12H14F3N3. The van der Waals surface area contributed by atoms with E-state index < -0.39 is 12.7 Å². The summed E-state index contributed by atoms with van der Waals surface area (Å²) in [5, 5.41) is 2.32. The third kappa shape index (κ3) is 3.01. The first kappa shape index (κ1) is 12.9. The van der Waals surface area contributed by atoms with E-state index in [4.69, 9.17) is 0 Å². The lowest BCUT2D eigenvalue weighted by atomic mass is 10.1. The fraction of sp³-hybridized carbons (Fsp3) is 0.417. The van der Waals surface area contributed by atoms with Crippen LogP contribution in [-0.4, -0.2) is 22.7 Å². The molecule has 98 valence electrons. The van der Waals surface area contributed by atoms with Gasteiger partial charge >= 0.3 is 6.18 Å². The van der Waals surface area contributed by atoms with Gasteiger partial charge in [-0.05, 0) is 31.0 Å². The lowest BCUT2D eigenvalue weighted by molar-refractivity contribution is -0.125. The number of benzene rings is 1. The standard InChI is InChI=1S/C12H14F3N3/c1-7-3-8(2)11-9(4-7)17-10(18-11)5-16-6-12(13,14)15/h3-4,16H,5-6H2,1-2H3,(H,17,18). The fourth-order valence-electron chi connectivity index (χ4n) is 1.93. The number of hydrogen-bond donors (Lipinski definition) is 2. The average Bonchev–Trinajstić information content (AvgIpc) is 2.58. The maximum atomic E-state index is 12.0. The van der Waals surface area contributed by atoms with Gasteiger partial charge in [-0.15, -0.1) is 0 Å². The quantitative estimate of drug-likeness (QED) is 0.887. The Balaban J connectivity index is 2.13. The maximum Gasteiger partial charge on any atom is 0.401 e. The topological polar surface area (TPSA) is 40.7 Å². The van der Waals surface area contributed by atoms with Crippen molar-refractivity contribution >= 4 is 11.0 Å². The molecule has 0 aliphatic rings. The van der Waals surface area contributed by atoms with Gasteiger partial charge in [-0.3, -0.25) is 0 Å². The van der Waals surface area contributed by atoms with Gasteiger partial charge in [-0.25, -0.2) is 4.98 Å². The van der Waals surface area contributed by atoms with Gasteiger partial charge in [0, 0.05) is 0 Å². The van der Waals surface area contributed by atoms with Gasteiger partial charge in [0.15, 0.2) is 0 Å². The van der Waals surface area contributed by atoms with Crippen molar-refractivity contribution < 1.29 is 13.2 Å². The molecule has 0 amide bonds. The van der Waals surface area contributed by atoms with Gasteiger partial charge in [-0.1, -0.05) is 6.07 Å². The summed E-state index contributed by atoms with van der Waals surface area (Å²) in [7, 11) is 0. The Morgan fingerprint density at radius 1 is 1.28 bits per heavy atom. The van der Waals surface area contributed by atoms with Gasteiger partial charge in [0.05, 0.1) is 24.1 Å². The summed E-state index contributed by atoms with van der Waals surface area (Å²) < 4.78 is 36.0. The van der Waals surface area contributed by atoms with E-state index in [1.165, 1.54) is 0 Å². The van der Waals surface area contributed by atoms with Crippen molar-refractivity contribution in [2.24, 2.45) is 0 Å². The van der Waals surface area contributed by atoms with E-state index in [0.717, 1.165) is 22.2 Å². The number of alkyl halides is 3. The minimum absolute atomic E-state index is 0.0761. The van der Waals surface area contributed by atoms with Gasteiger partial charge in [-0.2, -0.15) is 13.2 Å². The molecule has 0 bridgehead atoms. The highest BCUT2D eigenvalue weighted by Crippen LogP contribution is 2.18. The number of imidazole rings is 1. The predicted molar refractivity (Wildman–Crippen MR) is 63.3 cm³/mol. The first-order valence-corrected chi connectivity index (χ1v) is 5.58. The number of rotatable bonds is 3. The molecule has 3 nitrogen and oxygen atoms in total. The van der Waals surface area contributed by atoms with Crippen LogP contribution in [0.5, 0.6) is 0 Å². The monoisotopic (exact) mass is 257 g/mol. The summed E-state index contributed by atoms with van der Waals surface area (Å²) in [6.07, 6.45) is -4.20. The van der Waals surface area contributed by atoms with Crippen LogP contribution in [0.15, 0.2) is 12.1 Å². The zero-order chi connectivity index (χ0) is 13.3. The van der Waals surface area contributed by atoms with E-state index in [1.807, 2.05) is 26.0 Å². The molecular weight excluding hydrogens is 243 g/mol. The van der Waals surface area contributed by atoms with Gasteiger partial charge in [0.1, 0.15) is 5.82 Å². The van der Waals surface area contributed by atoms with Crippen LogP contribution in [-0.2, 0) is 6.54 Å². The normalized spacial score (nSPS) is 12.3. The van der Waals surface area contributed by atoms with Crippen LogP contribution in [0.2, 0.25) is 0 Å². The van der Waals surface area contributed by atoms with E-state index >= 15 is 0 Å². The summed E-state index contributed by atoms with van der Waals surface area (Å²) in [6.45, 7) is 2.96. The van der Waals surface area contributed by atoms with E-state index in [2.05, 4.69) is 15.3 Å². The van der Waals surface area contributed by atoms with E-state index in [1.54, 1.807) is 0 Å². The Labute approximate surface area is 102 Å². The molecule has 2 rings (SSSR count). The predicted octanol–water partition coefficient (Wildman–Crippen LogP) is 2.83.